The molecule has 0 bridgehead atoms. The number of rotatable bonds is 6. The second-order valence-corrected chi connectivity index (χ2v) is 5.47. The smallest absolute Gasteiger partial charge is 0.414 e. The van der Waals surface area contributed by atoms with E-state index >= 15 is 0 Å². The number of ether oxygens (including phenoxy) is 2. The summed E-state index contributed by atoms with van der Waals surface area (Å²) in [5, 5.41) is 11.9. The fourth-order valence-electron chi connectivity index (χ4n) is 2.28. The van der Waals surface area contributed by atoms with Crippen LogP contribution in [0.1, 0.15) is 12.0 Å². The van der Waals surface area contributed by atoms with Gasteiger partial charge < -0.3 is 19.9 Å². The Hall–Kier alpha value is -1.45. The minimum Gasteiger partial charge on any atom is -0.490 e. The lowest BCUT2D eigenvalue weighted by molar-refractivity contribution is -0.206. The Kier molecular flexibility index (Phi) is 6.36. The van der Waals surface area contributed by atoms with Gasteiger partial charge in [0.15, 0.2) is 17.7 Å². The molecule has 1 aromatic rings. The molecule has 4 nitrogen and oxygen atoms in total. The maximum Gasteiger partial charge on any atom is 0.414 e. The normalized spacial score (nSPS) is 20.0. The topological polar surface area (TPSA) is 50.7 Å². The number of nitrogens with one attached hydrogen (secondary N) is 1. The first kappa shape index (κ1) is 18.9. The average molecular weight is 355 g/mol. The Morgan fingerprint density at radius 2 is 2.04 bits per heavy atom. The first-order valence-corrected chi connectivity index (χ1v) is 7.45. The van der Waals surface area contributed by atoms with Crippen molar-refractivity contribution in [2.75, 3.05) is 26.3 Å². The number of alkyl halides is 3. The number of morpholine rings is 1. The van der Waals surface area contributed by atoms with Crippen LogP contribution in [0, 0.1) is 11.6 Å². The van der Waals surface area contributed by atoms with Crippen molar-refractivity contribution in [1.82, 2.24) is 5.32 Å². The average Bonchev–Trinajstić information content (AvgIpc) is 2.52. The maximum absolute atomic E-state index is 14.0. The third-order valence-corrected chi connectivity index (χ3v) is 3.58. The molecule has 2 atom stereocenters. The molecule has 2 rings (SSSR count). The minimum absolute atomic E-state index is 0.101. The van der Waals surface area contributed by atoms with E-state index in [1.165, 1.54) is 0 Å². The van der Waals surface area contributed by atoms with Gasteiger partial charge in [0.05, 0.1) is 19.3 Å². The highest BCUT2D eigenvalue weighted by atomic mass is 19.4. The zero-order valence-corrected chi connectivity index (χ0v) is 12.7. The summed E-state index contributed by atoms with van der Waals surface area (Å²) >= 11 is 0. The van der Waals surface area contributed by atoms with Crippen molar-refractivity contribution in [3.63, 3.8) is 0 Å². The SMILES string of the molecule is O[C@H](CCOc1cc(F)c(C[C@@H]2CNCCO2)cc1F)C(F)(F)F. The zero-order chi connectivity index (χ0) is 17.7. The van der Waals surface area contributed by atoms with Crippen LogP contribution in [0.3, 0.4) is 0 Å². The summed E-state index contributed by atoms with van der Waals surface area (Å²) in [5.41, 5.74) is 0.101. The zero-order valence-electron chi connectivity index (χ0n) is 12.7. The van der Waals surface area contributed by atoms with Crippen LogP contribution in [0.15, 0.2) is 12.1 Å². The third-order valence-electron chi connectivity index (χ3n) is 3.58. The summed E-state index contributed by atoms with van der Waals surface area (Å²) in [6, 6.07) is 1.74. The number of hydrogen-bond acceptors (Lipinski definition) is 4. The molecule has 1 fully saturated rings. The second-order valence-electron chi connectivity index (χ2n) is 5.47. The van der Waals surface area contributed by atoms with E-state index in [1.54, 1.807) is 0 Å². The predicted molar refractivity (Wildman–Crippen MR) is 74.8 cm³/mol. The van der Waals surface area contributed by atoms with Gasteiger partial charge in [-0.25, -0.2) is 8.78 Å². The Labute approximate surface area is 135 Å². The van der Waals surface area contributed by atoms with Gasteiger partial charge in [-0.1, -0.05) is 0 Å². The minimum atomic E-state index is -4.77. The van der Waals surface area contributed by atoms with Crippen molar-refractivity contribution >= 4 is 0 Å². The first-order chi connectivity index (χ1) is 11.3. The molecule has 0 amide bonds. The van der Waals surface area contributed by atoms with Crippen molar-refractivity contribution in [2.45, 2.75) is 31.2 Å². The van der Waals surface area contributed by atoms with Gasteiger partial charge in [-0.3, -0.25) is 0 Å². The lowest BCUT2D eigenvalue weighted by atomic mass is 10.1. The van der Waals surface area contributed by atoms with E-state index in [1.807, 2.05) is 0 Å². The van der Waals surface area contributed by atoms with Crippen LogP contribution in [0.5, 0.6) is 5.75 Å². The maximum atomic E-state index is 14.0. The van der Waals surface area contributed by atoms with E-state index < -0.39 is 42.7 Å². The number of aliphatic hydroxyl groups excluding tert-OH is 1. The van der Waals surface area contributed by atoms with Crippen LogP contribution < -0.4 is 10.1 Å². The second kappa shape index (κ2) is 8.09. The van der Waals surface area contributed by atoms with Crippen molar-refractivity contribution in [2.24, 2.45) is 0 Å². The van der Waals surface area contributed by atoms with Gasteiger partial charge in [0, 0.05) is 32.0 Å². The molecule has 0 aromatic heterocycles. The summed E-state index contributed by atoms with van der Waals surface area (Å²) in [5.74, 6) is -2.10. The van der Waals surface area contributed by atoms with Crippen molar-refractivity contribution in [3.8, 4) is 5.75 Å². The van der Waals surface area contributed by atoms with Crippen LogP contribution in [0.25, 0.3) is 0 Å². The molecule has 1 saturated heterocycles. The van der Waals surface area contributed by atoms with Gasteiger partial charge in [0.25, 0.3) is 0 Å². The highest BCUT2D eigenvalue weighted by molar-refractivity contribution is 5.31. The first-order valence-electron chi connectivity index (χ1n) is 7.45. The molecule has 0 radical (unpaired) electrons. The highest BCUT2D eigenvalue weighted by Crippen LogP contribution is 2.25. The summed E-state index contributed by atoms with van der Waals surface area (Å²) in [6.07, 6.45) is -8.22. The molecule has 1 heterocycles. The van der Waals surface area contributed by atoms with Crippen molar-refractivity contribution in [1.29, 1.82) is 0 Å². The van der Waals surface area contributed by atoms with Gasteiger partial charge in [0.2, 0.25) is 0 Å². The van der Waals surface area contributed by atoms with Gasteiger partial charge in [-0.15, -0.1) is 0 Å². The van der Waals surface area contributed by atoms with Gasteiger partial charge in [-0.05, 0) is 11.6 Å². The highest BCUT2D eigenvalue weighted by Gasteiger charge is 2.37. The third kappa shape index (κ3) is 5.29. The van der Waals surface area contributed by atoms with Gasteiger partial charge >= 0.3 is 6.18 Å². The molecular weight excluding hydrogens is 337 g/mol. The molecular formula is C15H18F5NO3. The molecule has 9 heteroatoms. The van der Waals surface area contributed by atoms with E-state index in [2.05, 4.69) is 5.32 Å². The van der Waals surface area contributed by atoms with Gasteiger partial charge in [0.1, 0.15) is 5.82 Å². The molecule has 136 valence electrons. The quantitative estimate of drug-likeness (QED) is 0.768. The summed E-state index contributed by atoms with van der Waals surface area (Å²) in [4.78, 5) is 0. The van der Waals surface area contributed by atoms with Crippen LogP contribution in [0.4, 0.5) is 22.0 Å². The molecule has 1 aliphatic heterocycles. The molecule has 0 unspecified atom stereocenters. The Morgan fingerprint density at radius 1 is 1.29 bits per heavy atom. The lowest BCUT2D eigenvalue weighted by Gasteiger charge is -2.24. The molecule has 1 aromatic carbocycles. The number of halogens is 5. The van der Waals surface area contributed by atoms with Gasteiger partial charge in [-0.2, -0.15) is 13.2 Å². The Balaban J connectivity index is 1.93. The lowest BCUT2D eigenvalue weighted by Crippen LogP contribution is -2.39. The van der Waals surface area contributed by atoms with Crippen LogP contribution in [0.2, 0.25) is 0 Å². The van der Waals surface area contributed by atoms with Crippen LogP contribution in [-0.2, 0) is 11.2 Å². The van der Waals surface area contributed by atoms with Crippen LogP contribution >= 0.6 is 0 Å². The fraction of sp³-hybridized carbons (Fsp3) is 0.600. The van der Waals surface area contributed by atoms with E-state index in [9.17, 15) is 22.0 Å². The fourth-order valence-corrected chi connectivity index (χ4v) is 2.28. The van der Waals surface area contributed by atoms with E-state index in [-0.39, 0.29) is 18.1 Å². The van der Waals surface area contributed by atoms with Crippen LogP contribution in [-0.4, -0.2) is 49.8 Å². The number of hydrogen-bond donors (Lipinski definition) is 2. The molecule has 1 aliphatic rings. The standard InChI is InChI=1S/C15H18F5NO3/c16-11-7-13(24-3-1-14(22)15(18,19)20)12(17)6-9(11)5-10-8-21-2-4-23-10/h6-7,10,14,21-22H,1-5,8H2/t10-,14-/m1/s1. The molecule has 0 saturated carbocycles. The predicted octanol–water partition coefficient (Wildman–Crippen LogP) is 2.19. The van der Waals surface area contributed by atoms with Crippen molar-refractivity contribution in [3.05, 3.63) is 29.3 Å². The molecule has 2 N–H and O–H groups in total. The number of benzene rings is 1. The number of aliphatic hydroxyl groups is 1. The van der Waals surface area contributed by atoms with E-state index in [4.69, 9.17) is 14.6 Å². The van der Waals surface area contributed by atoms with Crippen molar-refractivity contribution < 1.29 is 36.5 Å². The van der Waals surface area contributed by atoms with E-state index in [0.29, 0.717) is 19.7 Å². The summed E-state index contributed by atoms with van der Waals surface area (Å²) in [6.45, 7) is 1.11. The Morgan fingerprint density at radius 3 is 2.67 bits per heavy atom. The summed E-state index contributed by atoms with van der Waals surface area (Å²) < 4.78 is 74.6. The largest absolute Gasteiger partial charge is 0.490 e. The monoisotopic (exact) mass is 355 g/mol. The molecule has 0 aliphatic carbocycles. The Bertz CT molecular complexity index is 547. The van der Waals surface area contributed by atoms with E-state index in [0.717, 1.165) is 12.1 Å². The molecule has 0 spiro atoms. The summed E-state index contributed by atoms with van der Waals surface area (Å²) in [7, 11) is 0. The molecule has 24 heavy (non-hydrogen) atoms.